The van der Waals surface area contributed by atoms with E-state index in [-0.39, 0.29) is 0 Å². The maximum atomic E-state index is 4.05. The van der Waals surface area contributed by atoms with Gasteiger partial charge in [0.1, 0.15) is 0 Å². The highest BCUT2D eigenvalue weighted by Gasteiger charge is 2.15. The number of fused-ring (bicyclic) bond motifs is 6. The molecule has 0 nitrogen and oxygen atoms in total. The van der Waals surface area contributed by atoms with Crippen LogP contribution < -0.4 is 0 Å². The molecule has 0 amide bonds. The van der Waals surface area contributed by atoms with Gasteiger partial charge in [0, 0.05) is 0 Å². The average molecular weight is 497 g/mol. The first-order chi connectivity index (χ1) is 19.1. The van der Waals surface area contributed by atoms with E-state index in [1.165, 1.54) is 70.9 Å². The zero-order chi connectivity index (χ0) is 26.5. The van der Waals surface area contributed by atoms with Crippen LogP contribution in [-0.2, 0) is 0 Å². The van der Waals surface area contributed by atoms with Gasteiger partial charge in [0.05, 0.1) is 0 Å². The molecule has 0 heterocycles. The van der Waals surface area contributed by atoms with Crippen LogP contribution in [0.1, 0.15) is 16.7 Å². The van der Waals surface area contributed by atoms with Crippen LogP contribution in [-0.4, -0.2) is 0 Å². The molecular formula is C39H28. The van der Waals surface area contributed by atoms with Gasteiger partial charge in [-0.2, -0.15) is 0 Å². The molecule has 0 radical (unpaired) electrons. The summed E-state index contributed by atoms with van der Waals surface area (Å²) >= 11 is 0. The summed E-state index contributed by atoms with van der Waals surface area (Å²) in [7, 11) is 0. The topological polar surface area (TPSA) is 0 Å². The van der Waals surface area contributed by atoms with E-state index in [1.807, 2.05) is 12.2 Å². The van der Waals surface area contributed by atoms with Crippen LogP contribution in [0, 0.1) is 6.92 Å². The van der Waals surface area contributed by atoms with Crippen LogP contribution in [0.2, 0.25) is 0 Å². The third-order valence-electron chi connectivity index (χ3n) is 8.03. The van der Waals surface area contributed by atoms with E-state index in [9.17, 15) is 0 Å². The molecule has 7 rings (SSSR count). The van der Waals surface area contributed by atoms with E-state index < -0.39 is 0 Å². The maximum absolute atomic E-state index is 4.05. The molecule has 0 aromatic heterocycles. The van der Waals surface area contributed by atoms with Crippen molar-refractivity contribution in [3.05, 3.63) is 145 Å². The molecule has 0 atom stereocenters. The van der Waals surface area contributed by atoms with Gasteiger partial charge in [0.25, 0.3) is 0 Å². The molecule has 7 aromatic carbocycles. The zero-order valence-corrected chi connectivity index (χ0v) is 22.0. The Bertz CT molecular complexity index is 2110. The van der Waals surface area contributed by atoms with Crippen molar-refractivity contribution >= 4 is 55.2 Å². The van der Waals surface area contributed by atoms with Crippen molar-refractivity contribution in [1.29, 1.82) is 0 Å². The SMILES string of the molecule is C=Cc1ccc(-c2cc3c4ccccc4c(-c4ccc5ccccc5c4)cc3c3ccc(C)cc23)cc1C=C. The molecule has 0 aliphatic rings. The molecule has 0 fully saturated rings. The Kier molecular flexibility index (Phi) is 5.42. The van der Waals surface area contributed by atoms with Gasteiger partial charge in [-0.1, -0.05) is 122 Å². The third-order valence-corrected chi connectivity index (χ3v) is 8.03. The molecule has 0 unspecified atom stereocenters. The minimum absolute atomic E-state index is 1.10. The second-order valence-electron chi connectivity index (χ2n) is 10.4. The molecule has 0 aliphatic carbocycles. The summed E-state index contributed by atoms with van der Waals surface area (Å²) in [5, 5.41) is 10.2. The fourth-order valence-corrected chi connectivity index (χ4v) is 6.05. The molecule has 0 saturated heterocycles. The quantitative estimate of drug-likeness (QED) is 0.213. The fourth-order valence-electron chi connectivity index (χ4n) is 6.05. The van der Waals surface area contributed by atoms with Crippen molar-refractivity contribution in [3.8, 4) is 22.3 Å². The monoisotopic (exact) mass is 496 g/mol. The summed E-state index contributed by atoms with van der Waals surface area (Å²) in [6.45, 7) is 10.2. The summed E-state index contributed by atoms with van der Waals surface area (Å²) in [4.78, 5) is 0. The van der Waals surface area contributed by atoms with Gasteiger partial charge >= 0.3 is 0 Å². The number of aryl methyl sites for hydroxylation is 1. The lowest BCUT2D eigenvalue weighted by atomic mass is 9.86. The zero-order valence-electron chi connectivity index (χ0n) is 22.0. The van der Waals surface area contributed by atoms with Crippen molar-refractivity contribution < 1.29 is 0 Å². The molecule has 184 valence electrons. The van der Waals surface area contributed by atoms with Crippen LogP contribution in [0.4, 0.5) is 0 Å². The molecule has 0 N–H and O–H groups in total. The van der Waals surface area contributed by atoms with E-state index in [0.29, 0.717) is 0 Å². The highest BCUT2D eigenvalue weighted by molar-refractivity contribution is 6.24. The number of hydrogen-bond donors (Lipinski definition) is 0. The summed E-state index contributed by atoms with van der Waals surface area (Å²) in [5.74, 6) is 0. The lowest BCUT2D eigenvalue weighted by Gasteiger charge is -2.17. The highest BCUT2D eigenvalue weighted by atomic mass is 14.2. The predicted octanol–water partition coefficient (Wildman–Crippen LogP) is 11.2. The molecule has 0 heteroatoms. The first-order valence-corrected chi connectivity index (χ1v) is 13.4. The summed E-state index contributed by atoms with van der Waals surface area (Å²) in [5.41, 5.74) is 8.39. The molecule has 0 saturated carbocycles. The van der Waals surface area contributed by atoms with E-state index in [4.69, 9.17) is 0 Å². The fraction of sp³-hybridized carbons (Fsp3) is 0.0256. The van der Waals surface area contributed by atoms with Gasteiger partial charge in [-0.15, -0.1) is 0 Å². The third kappa shape index (κ3) is 3.76. The van der Waals surface area contributed by atoms with E-state index in [1.54, 1.807) is 0 Å². The van der Waals surface area contributed by atoms with Gasteiger partial charge in [-0.05, 0) is 108 Å². The minimum atomic E-state index is 1.10. The van der Waals surface area contributed by atoms with Gasteiger partial charge in [-0.3, -0.25) is 0 Å². The van der Waals surface area contributed by atoms with Gasteiger partial charge in [0.2, 0.25) is 0 Å². The van der Waals surface area contributed by atoms with Gasteiger partial charge in [-0.25, -0.2) is 0 Å². The molecule has 39 heavy (non-hydrogen) atoms. The van der Waals surface area contributed by atoms with Gasteiger partial charge in [0.15, 0.2) is 0 Å². The van der Waals surface area contributed by atoms with Gasteiger partial charge < -0.3 is 0 Å². The Morgan fingerprint density at radius 3 is 1.82 bits per heavy atom. The van der Waals surface area contributed by atoms with Crippen molar-refractivity contribution in [2.75, 3.05) is 0 Å². The molecule has 0 aliphatic heterocycles. The predicted molar refractivity (Wildman–Crippen MR) is 172 cm³/mol. The summed E-state index contributed by atoms with van der Waals surface area (Å²) in [6, 6.07) is 42.4. The van der Waals surface area contributed by atoms with Crippen molar-refractivity contribution in [2.45, 2.75) is 6.92 Å². The largest absolute Gasteiger partial charge is 0.0984 e. The van der Waals surface area contributed by atoms with Crippen LogP contribution in [0.3, 0.4) is 0 Å². The Hall–Kier alpha value is -4.94. The summed E-state index contributed by atoms with van der Waals surface area (Å²) in [6.07, 6.45) is 3.81. The molecular weight excluding hydrogens is 468 g/mol. The minimum Gasteiger partial charge on any atom is -0.0984 e. The average Bonchev–Trinajstić information content (AvgIpc) is 2.99. The second-order valence-corrected chi connectivity index (χ2v) is 10.4. The van der Waals surface area contributed by atoms with Crippen LogP contribution in [0.5, 0.6) is 0 Å². The Morgan fingerprint density at radius 2 is 1.05 bits per heavy atom. The number of hydrogen-bond acceptors (Lipinski definition) is 0. The number of rotatable bonds is 4. The Labute approximate surface area is 229 Å². The Balaban J connectivity index is 1.60. The molecule has 0 bridgehead atoms. The van der Waals surface area contributed by atoms with Crippen molar-refractivity contribution in [1.82, 2.24) is 0 Å². The van der Waals surface area contributed by atoms with E-state index in [0.717, 1.165) is 11.1 Å². The molecule has 0 spiro atoms. The van der Waals surface area contributed by atoms with Crippen molar-refractivity contribution in [2.24, 2.45) is 0 Å². The lowest BCUT2D eigenvalue weighted by molar-refractivity contribution is 1.51. The second kappa shape index (κ2) is 9.11. The smallest absolute Gasteiger partial charge is 0.00923 e. The van der Waals surface area contributed by atoms with E-state index >= 15 is 0 Å². The Morgan fingerprint density at radius 1 is 0.436 bits per heavy atom. The maximum Gasteiger partial charge on any atom is -0.00923 e. The normalized spacial score (nSPS) is 11.4. The summed E-state index contributed by atoms with van der Waals surface area (Å²) < 4.78 is 0. The highest BCUT2D eigenvalue weighted by Crippen LogP contribution is 2.42. The first-order valence-electron chi connectivity index (χ1n) is 13.4. The van der Waals surface area contributed by atoms with Crippen LogP contribution >= 0.6 is 0 Å². The van der Waals surface area contributed by atoms with Crippen LogP contribution in [0.15, 0.2) is 128 Å². The lowest BCUT2D eigenvalue weighted by Crippen LogP contribution is -1.91. The van der Waals surface area contributed by atoms with Crippen molar-refractivity contribution in [3.63, 3.8) is 0 Å². The first kappa shape index (κ1) is 23.2. The standard InChI is InChI=1S/C39H28/c1-4-26-15-17-30(21-27(26)5-2)36-24-38-33-13-9-8-12-32(33)35(23-39(38)34-19-14-25(3)20-37(34)36)31-18-16-28-10-6-7-11-29(28)22-31/h4-24H,1-2H2,3H3. The molecule has 7 aromatic rings. The number of benzene rings is 7. The van der Waals surface area contributed by atoms with E-state index in [2.05, 4.69) is 135 Å². The van der Waals surface area contributed by atoms with Crippen LogP contribution in [0.25, 0.3) is 77.5 Å².